The van der Waals surface area contributed by atoms with Crippen molar-refractivity contribution in [2.75, 3.05) is 25.0 Å². The Balaban J connectivity index is 1.37. The summed E-state index contributed by atoms with van der Waals surface area (Å²) in [5, 5.41) is 3.27. The van der Waals surface area contributed by atoms with Crippen LogP contribution in [0.5, 0.6) is 0 Å². The molecule has 0 spiro atoms. The highest BCUT2D eigenvalue weighted by atomic mass is 15.1. The van der Waals surface area contributed by atoms with Gasteiger partial charge >= 0.3 is 0 Å². The van der Waals surface area contributed by atoms with Crippen LogP contribution in [-0.2, 0) is 6.42 Å². The summed E-state index contributed by atoms with van der Waals surface area (Å²) in [6.45, 7) is 5.51. The molecule has 1 aromatic carbocycles. The highest BCUT2D eigenvalue weighted by Crippen LogP contribution is 2.20. The first-order valence-corrected chi connectivity index (χ1v) is 9.90. The zero-order valence-electron chi connectivity index (χ0n) is 16.3. The summed E-state index contributed by atoms with van der Waals surface area (Å²) in [6, 6.07) is 10.5. The van der Waals surface area contributed by atoms with E-state index in [0.717, 1.165) is 29.8 Å². The molecule has 0 bridgehead atoms. The van der Waals surface area contributed by atoms with E-state index in [9.17, 15) is 0 Å². The molecule has 0 amide bonds. The summed E-state index contributed by atoms with van der Waals surface area (Å²) in [5.74, 6) is 0.585. The van der Waals surface area contributed by atoms with E-state index >= 15 is 0 Å². The molecular formula is C23H26N5. The first kappa shape index (κ1) is 18.6. The monoisotopic (exact) mass is 372 g/mol. The molecule has 0 atom stereocenters. The zero-order valence-corrected chi connectivity index (χ0v) is 16.3. The quantitative estimate of drug-likeness (QED) is 0.693. The molecule has 1 aliphatic heterocycles. The number of nitrogens with one attached hydrogen (secondary N) is 1. The van der Waals surface area contributed by atoms with Crippen LogP contribution < -0.4 is 5.32 Å². The van der Waals surface area contributed by atoms with E-state index < -0.39 is 0 Å². The van der Waals surface area contributed by atoms with E-state index in [4.69, 9.17) is 0 Å². The Hall–Kier alpha value is -2.79. The van der Waals surface area contributed by atoms with Crippen molar-refractivity contribution in [1.82, 2.24) is 19.9 Å². The van der Waals surface area contributed by atoms with E-state index in [-0.39, 0.29) is 0 Å². The van der Waals surface area contributed by atoms with Gasteiger partial charge in [-0.15, -0.1) is 0 Å². The summed E-state index contributed by atoms with van der Waals surface area (Å²) >= 11 is 0. The number of hydrogen-bond donors (Lipinski definition) is 1. The highest BCUT2D eigenvalue weighted by Gasteiger charge is 2.10. The van der Waals surface area contributed by atoms with Gasteiger partial charge in [-0.3, -0.25) is 4.98 Å². The third kappa shape index (κ3) is 4.93. The number of benzene rings is 1. The number of piperidine rings is 1. The topological polar surface area (TPSA) is 53.9 Å². The molecule has 3 aromatic rings. The molecule has 1 aliphatic rings. The van der Waals surface area contributed by atoms with E-state index in [1.54, 1.807) is 0 Å². The van der Waals surface area contributed by atoms with Crippen molar-refractivity contribution in [3.8, 4) is 11.1 Å². The Labute approximate surface area is 166 Å². The van der Waals surface area contributed by atoms with Crippen molar-refractivity contribution in [3.63, 3.8) is 0 Å². The van der Waals surface area contributed by atoms with Gasteiger partial charge < -0.3 is 10.2 Å². The normalized spacial score (nSPS) is 14.8. The Morgan fingerprint density at radius 2 is 1.68 bits per heavy atom. The molecule has 28 heavy (non-hydrogen) atoms. The van der Waals surface area contributed by atoms with Crippen LogP contribution in [-0.4, -0.2) is 39.5 Å². The predicted molar refractivity (Wildman–Crippen MR) is 113 cm³/mol. The van der Waals surface area contributed by atoms with E-state index in [2.05, 4.69) is 68.8 Å². The van der Waals surface area contributed by atoms with E-state index in [0.29, 0.717) is 5.95 Å². The lowest BCUT2D eigenvalue weighted by Gasteiger charge is -2.26. The lowest BCUT2D eigenvalue weighted by Crippen LogP contribution is -2.31. The van der Waals surface area contributed by atoms with Crippen LogP contribution in [0.15, 0.2) is 55.1 Å². The maximum atomic E-state index is 4.46. The second-order valence-corrected chi connectivity index (χ2v) is 7.33. The molecule has 1 saturated heterocycles. The fourth-order valence-electron chi connectivity index (χ4n) is 3.42. The van der Waals surface area contributed by atoms with E-state index in [1.165, 1.54) is 37.1 Å². The summed E-state index contributed by atoms with van der Waals surface area (Å²) in [7, 11) is 0. The molecule has 0 unspecified atom stereocenters. The molecule has 0 saturated carbocycles. The van der Waals surface area contributed by atoms with Crippen molar-refractivity contribution < 1.29 is 0 Å². The average molecular weight is 372 g/mol. The van der Waals surface area contributed by atoms with Gasteiger partial charge in [0, 0.05) is 30.7 Å². The van der Waals surface area contributed by atoms with Gasteiger partial charge in [0.15, 0.2) is 0 Å². The van der Waals surface area contributed by atoms with Crippen LogP contribution in [0.2, 0.25) is 0 Å². The standard InChI is InChI=1S/C23H26N5/c1-18-5-7-20(8-6-18)21-15-25-23(26-16-21)27-22-13-19(14-24-17-22)9-12-28-10-3-2-4-11-28/h2,5-8,13-17H,3-4,9-12H2,1H3,(H,25,26,27). The third-order valence-corrected chi connectivity index (χ3v) is 5.10. The molecule has 1 radical (unpaired) electrons. The average Bonchev–Trinajstić information content (AvgIpc) is 2.75. The Morgan fingerprint density at radius 3 is 2.43 bits per heavy atom. The molecule has 5 nitrogen and oxygen atoms in total. The predicted octanol–water partition coefficient (Wildman–Crippen LogP) is 4.43. The lowest BCUT2D eigenvalue weighted by atomic mass is 10.1. The van der Waals surface area contributed by atoms with Crippen LogP contribution in [0.1, 0.15) is 24.0 Å². The SMILES string of the molecule is Cc1ccc(-c2cnc(Nc3cncc(CCN4CC[CH]CC4)c3)nc2)cc1. The second-order valence-electron chi connectivity index (χ2n) is 7.33. The number of pyridine rings is 1. The smallest absolute Gasteiger partial charge is 0.227 e. The van der Waals surface area contributed by atoms with Gasteiger partial charge in [0.2, 0.25) is 5.95 Å². The zero-order chi connectivity index (χ0) is 19.2. The largest absolute Gasteiger partial charge is 0.323 e. The molecule has 2 aromatic heterocycles. The first-order valence-electron chi connectivity index (χ1n) is 9.90. The molecule has 1 fully saturated rings. The van der Waals surface area contributed by atoms with Crippen molar-refractivity contribution in [2.24, 2.45) is 0 Å². The third-order valence-electron chi connectivity index (χ3n) is 5.10. The Morgan fingerprint density at radius 1 is 0.929 bits per heavy atom. The van der Waals surface area contributed by atoms with Crippen LogP contribution >= 0.6 is 0 Å². The molecule has 0 aliphatic carbocycles. The van der Waals surface area contributed by atoms with Crippen LogP contribution in [0, 0.1) is 13.3 Å². The van der Waals surface area contributed by atoms with Gasteiger partial charge in [0.1, 0.15) is 0 Å². The van der Waals surface area contributed by atoms with Gasteiger partial charge in [-0.25, -0.2) is 9.97 Å². The summed E-state index contributed by atoms with van der Waals surface area (Å²) in [4.78, 5) is 15.8. The fourth-order valence-corrected chi connectivity index (χ4v) is 3.42. The molecule has 5 heteroatoms. The van der Waals surface area contributed by atoms with Crippen LogP contribution in [0.25, 0.3) is 11.1 Å². The van der Waals surface area contributed by atoms with Crippen LogP contribution in [0.3, 0.4) is 0 Å². The lowest BCUT2D eigenvalue weighted by molar-refractivity contribution is 0.257. The van der Waals surface area contributed by atoms with Crippen LogP contribution in [0.4, 0.5) is 11.6 Å². The summed E-state index contributed by atoms with van der Waals surface area (Å²) < 4.78 is 0. The molecule has 4 rings (SSSR count). The number of anilines is 2. The van der Waals surface area contributed by atoms with Gasteiger partial charge in [0.25, 0.3) is 0 Å². The number of aryl methyl sites for hydroxylation is 1. The number of aromatic nitrogens is 3. The minimum absolute atomic E-state index is 0.585. The maximum Gasteiger partial charge on any atom is 0.227 e. The molecule has 1 N–H and O–H groups in total. The van der Waals surface area contributed by atoms with Crippen molar-refractivity contribution in [1.29, 1.82) is 0 Å². The van der Waals surface area contributed by atoms with Gasteiger partial charge in [0.05, 0.1) is 11.9 Å². The Kier molecular flexibility index (Phi) is 5.92. The Bertz CT molecular complexity index is 884. The molecule has 3 heterocycles. The molecular weight excluding hydrogens is 346 g/mol. The van der Waals surface area contributed by atoms with Crippen molar-refractivity contribution in [2.45, 2.75) is 26.2 Å². The summed E-state index contributed by atoms with van der Waals surface area (Å²) in [6.07, 6.45) is 13.3. The minimum Gasteiger partial charge on any atom is -0.323 e. The van der Waals surface area contributed by atoms with Gasteiger partial charge in [-0.2, -0.15) is 0 Å². The maximum absolute atomic E-state index is 4.46. The number of rotatable bonds is 6. The summed E-state index contributed by atoms with van der Waals surface area (Å²) in [5.41, 5.74) is 5.53. The number of hydrogen-bond acceptors (Lipinski definition) is 5. The second kappa shape index (κ2) is 8.93. The highest BCUT2D eigenvalue weighted by molar-refractivity contribution is 5.63. The van der Waals surface area contributed by atoms with Crippen molar-refractivity contribution in [3.05, 3.63) is 72.7 Å². The minimum atomic E-state index is 0.585. The molecule has 143 valence electrons. The van der Waals surface area contributed by atoms with Gasteiger partial charge in [-0.1, -0.05) is 29.8 Å². The van der Waals surface area contributed by atoms with Gasteiger partial charge in [-0.05, 0) is 62.9 Å². The van der Waals surface area contributed by atoms with E-state index in [1.807, 2.05) is 24.8 Å². The number of nitrogens with zero attached hydrogens (tertiary/aromatic N) is 4. The fraction of sp³-hybridized carbons (Fsp3) is 0.304. The van der Waals surface area contributed by atoms with Crippen molar-refractivity contribution >= 4 is 11.6 Å². The first-order chi connectivity index (χ1) is 13.8. The number of likely N-dealkylation sites (tertiary alicyclic amines) is 1.